The van der Waals surface area contributed by atoms with Crippen molar-refractivity contribution in [2.45, 2.75) is 11.8 Å². The van der Waals surface area contributed by atoms with Gasteiger partial charge in [0.15, 0.2) is 11.6 Å². The van der Waals surface area contributed by atoms with Crippen molar-refractivity contribution in [2.75, 3.05) is 18.2 Å². The number of pyridine rings is 1. The van der Waals surface area contributed by atoms with Crippen LogP contribution in [0, 0.1) is 5.82 Å². The highest BCUT2D eigenvalue weighted by Crippen LogP contribution is 2.35. The van der Waals surface area contributed by atoms with Crippen LogP contribution in [0.15, 0.2) is 65.5 Å². The lowest BCUT2D eigenvalue weighted by atomic mass is 10.3. The van der Waals surface area contributed by atoms with Crippen LogP contribution in [0.25, 0.3) is 0 Å². The number of halogens is 1. The summed E-state index contributed by atoms with van der Waals surface area (Å²) < 4.78 is 50.7. The summed E-state index contributed by atoms with van der Waals surface area (Å²) in [6.07, 6.45) is 6.62. The maximum absolute atomic E-state index is 13.7. The lowest BCUT2D eigenvalue weighted by Gasteiger charge is -2.30. The Morgan fingerprint density at radius 3 is 3.04 bits per heavy atom. The Morgan fingerprint density at radius 1 is 1.36 bits per heavy atom. The fourth-order valence-electron chi connectivity index (χ4n) is 2.87. The maximum atomic E-state index is 13.7. The highest BCUT2D eigenvalue weighted by atomic mass is 32.2. The summed E-state index contributed by atoms with van der Waals surface area (Å²) in [4.78, 5) is 6.42. The fourth-order valence-corrected chi connectivity index (χ4v) is 4.02. The lowest BCUT2D eigenvalue weighted by molar-refractivity contribution is 0.323. The Balaban J connectivity index is 1.70. The number of rotatable bonds is 5. The molecule has 0 unspecified atom stereocenters. The van der Waals surface area contributed by atoms with Crippen molar-refractivity contribution in [3.63, 3.8) is 0 Å². The molecule has 0 fully saturated rings. The number of hydrazine groups is 2. The van der Waals surface area contributed by atoms with Crippen molar-refractivity contribution in [3.8, 4) is 11.5 Å². The zero-order valence-electron chi connectivity index (χ0n) is 14.9. The van der Waals surface area contributed by atoms with Crippen LogP contribution in [0.2, 0.25) is 0 Å². The molecule has 0 aliphatic carbocycles. The van der Waals surface area contributed by atoms with Gasteiger partial charge in [-0.25, -0.2) is 27.9 Å². The second kappa shape index (κ2) is 7.13. The first-order valence-corrected chi connectivity index (χ1v) is 9.98. The van der Waals surface area contributed by atoms with E-state index in [0.29, 0.717) is 23.9 Å². The molecule has 10 heteroatoms. The van der Waals surface area contributed by atoms with Crippen LogP contribution >= 0.6 is 0 Å². The number of hydrogen-bond donors (Lipinski definition) is 1. The van der Waals surface area contributed by atoms with Crippen LogP contribution < -0.4 is 19.3 Å². The van der Waals surface area contributed by atoms with Crippen LogP contribution in [0.1, 0.15) is 6.92 Å². The van der Waals surface area contributed by atoms with Crippen LogP contribution in [0.3, 0.4) is 0 Å². The Hall–Kier alpha value is -3.11. The van der Waals surface area contributed by atoms with E-state index in [9.17, 15) is 12.8 Å². The zero-order valence-corrected chi connectivity index (χ0v) is 15.7. The average molecular weight is 404 g/mol. The van der Waals surface area contributed by atoms with Crippen LogP contribution in [0.5, 0.6) is 11.5 Å². The van der Waals surface area contributed by atoms with E-state index in [0.717, 1.165) is 12.1 Å². The van der Waals surface area contributed by atoms with Gasteiger partial charge in [-0.1, -0.05) is 0 Å². The fraction of sp³-hybridized carbons (Fsp3) is 0.167. The van der Waals surface area contributed by atoms with E-state index < -0.39 is 15.8 Å². The van der Waals surface area contributed by atoms with Gasteiger partial charge in [0.25, 0.3) is 10.0 Å². The number of benzene rings is 1. The second-order valence-electron chi connectivity index (χ2n) is 5.86. The number of hydrogen-bond acceptors (Lipinski definition) is 7. The number of ether oxygens (including phenoxy) is 2. The molecule has 3 heterocycles. The molecule has 0 spiro atoms. The van der Waals surface area contributed by atoms with E-state index in [4.69, 9.17) is 9.47 Å². The Labute approximate surface area is 161 Å². The smallest absolute Gasteiger partial charge is 0.262 e. The molecule has 4 rings (SSSR count). The molecule has 8 nitrogen and oxygen atoms in total. The van der Waals surface area contributed by atoms with E-state index in [1.165, 1.54) is 17.4 Å². The minimum absolute atomic E-state index is 0.0630. The van der Waals surface area contributed by atoms with Crippen molar-refractivity contribution in [2.24, 2.45) is 0 Å². The van der Waals surface area contributed by atoms with E-state index in [2.05, 4.69) is 9.82 Å². The third kappa shape index (κ3) is 3.27. The largest absolute Gasteiger partial charge is 0.492 e. The monoisotopic (exact) mass is 404 g/mol. The molecule has 2 aliphatic rings. The second-order valence-corrected chi connectivity index (χ2v) is 7.49. The van der Waals surface area contributed by atoms with Gasteiger partial charge in [0.2, 0.25) is 0 Å². The van der Waals surface area contributed by atoms with Gasteiger partial charge in [0.05, 0.1) is 12.3 Å². The summed E-state index contributed by atoms with van der Waals surface area (Å²) in [5, 5.41) is 2.81. The normalized spacial score (nSPS) is 15.4. The molecule has 0 bridgehead atoms. The molecule has 28 heavy (non-hydrogen) atoms. The Bertz CT molecular complexity index is 1070. The molecule has 0 amide bonds. The van der Waals surface area contributed by atoms with Gasteiger partial charge in [0, 0.05) is 12.4 Å². The molecule has 1 aromatic heterocycles. The molecule has 0 radical (unpaired) electrons. The quantitative estimate of drug-likeness (QED) is 0.819. The van der Waals surface area contributed by atoms with Crippen molar-refractivity contribution in [3.05, 3.63) is 66.4 Å². The van der Waals surface area contributed by atoms with E-state index in [-0.39, 0.29) is 17.3 Å². The molecular formula is C18H17FN4O4S. The zero-order chi connectivity index (χ0) is 19.7. The summed E-state index contributed by atoms with van der Waals surface area (Å²) in [5.41, 5.74) is 0.685. The number of aromatic nitrogens is 1. The first-order chi connectivity index (χ1) is 13.5. The first kappa shape index (κ1) is 18.3. The summed E-state index contributed by atoms with van der Waals surface area (Å²) in [5.74, 6) is 0.301. The summed E-state index contributed by atoms with van der Waals surface area (Å²) in [6.45, 7) is 2.27. The van der Waals surface area contributed by atoms with Crippen molar-refractivity contribution >= 4 is 15.8 Å². The molecular weight excluding hydrogens is 387 g/mol. The minimum Gasteiger partial charge on any atom is -0.492 e. The molecule has 0 saturated carbocycles. The van der Waals surface area contributed by atoms with E-state index in [1.807, 2.05) is 0 Å². The number of allylic oxidation sites excluding steroid dienone is 1. The van der Waals surface area contributed by atoms with Crippen molar-refractivity contribution in [1.29, 1.82) is 0 Å². The number of sulfonamides is 1. The molecule has 0 atom stereocenters. The highest BCUT2D eigenvalue weighted by Gasteiger charge is 2.32. The third-order valence-corrected chi connectivity index (χ3v) is 5.36. The molecule has 2 aromatic rings. The third-order valence-electron chi connectivity index (χ3n) is 4.04. The lowest BCUT2D eigenvalue weighted by Crippen LogP contribution is -2.47. The maximum Gasteiger partial charge on any atom is 0.262 e. The number of fused-ring (bicyclic) bond motifs is 3. The average Bonchev–Trinajstić information content (AvgIpc) is 2.95. The van der Waals surface area contributed by atoms with Crippen LogP contribution in [-0.2, 0) is 10.0 Å². The standard InChI is InChI=1S/C18H17FN4O4S/c1-2-26-15-6-5-13(19)12-17(15)28(24,25)21-22-10-7-14-8-11-27-16-4-3-9-20-18(16)23(14)22/h3-10,12,21H,2,11H2,1H3. The van der Waals surface area contributed by atoms with Gasteiger partial charge in [-0.3, -0.25) is 0 Å². The number of nitrogens with zero attached hydrogens (tertiary/aromatic N) is 3. The summed E-state index contributed by atoms with van der Waals surface area (Å²) >= 11 is 0. The van der Waals surface area contributed by atoms with Gasteiger partial charge in [-0.2, -0.15) is 0 Å². The molecule has 146 valence electrons. The number of anilines is 1. The predicted octanol–water partition coefficient (Wildman–Crippen LogP) is 2.34. The van der Waals surface area contributed by atoms with E-state index in [1.54, 1.807) is 42.4 Å². The van der Waals surface area contributed by atoms with Crippen molar-refractivity contribution in [1.82, 2.24) is 14.9 Å². The molecule has 1 N–H and O–H groups in total. The van der Waals surface area contributed by atoms with Gasteiger partial charge < -0.3 is 9.47 Å². The SMILES string of the molecule is CCOc1ccc(F)cc1S(=O)(=O)NN1C=CC2=CCOc3cccnc3N21. The van der Waals surface area contributed by atoms with Crippen molar-refractivity contribution < 1.29 is 22.3 Å². The Kier molecular flexibility index (Phi) is 4.65. The number of nitrogens with one attached hydrogen (secondary N) is 1. The highest BCUT2D eigenvalue weighted by molar-refractivity contribution is 7.89. The topological polar surface area (TPSA) is 84.0 Å². The van der Waals surface area contributed by atoms with Gasteiger partial charge in [-0.15, -0.1) is 4.83 Å². The van der Waals surface area contributed by atoms with Gasteiger partial charge in [0.1, 0.15) is 23.1 Å². The van der Waals surface area contributed by atoms with Crippen LogP contribution in [-0.4, -0.2) is 31.7 Å². The molecule has 1 aromatic carbocycles. The Morgan fingerprint density at radius 2 is 2.21 bits per heavy atom. The summed E-state index contributed by atoms with van der Waals surface area (Å²) in [6, 6.07) is 6.82. The van der Waals surface area contributed by atoms with Gasteiger partial charge in [-0.05, 0) is 49.4 Å². The van der Waals surface area contributed by atoms with E-state index >= 15 is 0 Å². The molecule has 0 saturated heterocycles. The van der Waals surface area contributed by atoms with Crippen LogP contribution in [0.4, 0.5) is 10.2 Å². The molecule has 2 aliphatic heterocycles. The predicted molar refractivity (Wildman–Crippen MR) is 99.2 cm³/mol. The summed E-state index contributed by atoms with van der Waals surface area (Å²) in [7, 11) is -4.16. The first-order valence-electron chi connectivity index (χ1n) is 8.50. The van der Waals surface area contributed by atoms with Gasteiger partial charge >= 0.3 is 0 Å². The minimum atomic E-state index is -4.16.